The van der Waals surface area contributed by atoms with Crippen molar-refractivity contribution in [3.8, 4) is 0 Å². The van der Waals surface area contributed by atoms with E-state index in [0.717, 1.165) is 21.9 Å². The van der Waals surface area contributed by atoms with Crippen molar-refractivity contribution in [3.05, 3.63) is 81.7 Å². The van der Waals surface area contributed by atoms with Crippen LogP contribution in [0.1, 0.15) is 15.7 Å². The third-order valence-corrected chi connectivity index (χ3v) is 9.59. The van der Waals surface area contributed by atoms with E-state index in [4.69, 9.17) is 23.2 Å². The number of halogens is 2. The smallest absolute Gasteiger partial charge is 0.225 e. The van der Waals surface area contributed by atoms with Gasteiger partial charge in [-0.05, 0) is 41.3 Å². The molecular formula is C23H22Cl2N2O3S2. The molecule has 3 aromatic rings. The molecule has 1 aliphatic rings. The number of rotatable bonds is 7. The lowest BCUT2D eigenvalue weighted by molar-refractivity contribution is -0.114. The Morgan fingerprint density at radius 1 is 1.09 bits per heavy atom. The van der Waals surface area contributed by atoms with Gasteiger partial charge in [-0.15, -0.1) is 17.9 Å². The van der Waals surface area contributed by atoms with Gasteiger partial charge in [0, 0.05) is 45.8 Å². The number of fused-ring (bicyclic) bond motifs is 1. The predicted molar refractivity (Wildman–Crippen MR) is 132 cm³/mol. The van der Waals surface area contributed by atoms with Crippen molar-refractivity contribution in [1.29, 1.82) is 0 Å². The molecule has 4 rings (SSSR count). The number of piperazine rings is 1. The molecule has 1 aliphatic heterocycles. The molecule has 0 radical (unpaired) electrons. The molecule has 168 valence electrons. The molecule has 9 heteroatoms. The van der Waals surface area contributed by atoms with Gasteiger partial charge in [0.1, 0.15) is 11.5 Å². The van der Waals surface area contributed by atoms with Crippen LogP contribution < -0.4 is 0 Å². The molecule has 0 spiro atoms. The van der Waals surface area contributed by atoms with Crippen molar-refractivity contribution in [2.45, 2.75) is 17.8 Å². The van der Waals surface area contributed by atoms with Gasteiger partial charge in [-0.2, -0.15) is 4.31 Å². The highest BCUT2D eigenvalue weighted by molar-refractivity contribution is 7.89. The molecule has 2 atom stereocenters. The third-order valence-electron chi connectivity index (χ3n) is 5.63. The van der Waals surface area contributed by atoms with Crippen molar-refractivity contribution < 1.29 is 13.2 Å². The van der Waals surface area contributed by atoms with Crippen LogP contribution >= 0.6 is 34.5 Å². The highest BCUT2D eigenvalue weighted by Crippen LogP contribution is 2.37. The average Bonchev–Trinajstić information content (AvgIpc) is 3.18. The van der Waals surface area contributed by atoms with E-state index in [1.807, 2.05) is 35.2 Å². The zero-order valence-corrected chi connectivity index (χ0v) is 20.3. The molecule has 0 bridgehead atoms. The highest BCUT2D eigenvalue weighted by atomic mass is 35.5. The molecule has 2 heterocycles. The first-order valence-corrected chi connectivity index (χ1v) is 13.1. The molecule has 1 fully saturated rings. The number of nitrogens with zero attached hydrogens (tertiary/aromatic N) is 2. The minimum absolute atomic E-state index is 0.112. The van der Waals surface area contributed by atoms with Crippen LogP contribution in [0.4, 0.5) is 0 Å². The van der Waals surface area contributed by atoms with E-state index in [1.165, 1.54) is 21.7 Å². The first-order valence-electron chi connectivity index (χ1n) is 10.1. The van der Waals surface area contributed by atoms with E-state index >= 15 is 0 Å². The van der Waals surface area contributed by atoms with Gasteiger partial charge in [0.05, 0.1) is 6.04 Å². The summed E-state index contributed by atoms with van der Waals surface area (Å²) in [5.41, 5.74) is 1.02. The zero-order valence-electron chi connectivity index (χ0n) is 17.2. The maximum absolute atomic E-state index is 13.5. The number of carbonyl (C=O) groups excluding carboxylic acids is 1. The first kappa shape index (κ1) is 23.4. The summed E-state index contributed by atoms with van der Waals surface area (Å²) in [6, 6.07) is 14.3. The fourth-order valence-corrected chi connectivity index (χ4v) is 7.49. The predicted octanol–water partition coefficient (Wildman–Crippen LogP) is 5.15. The number of aldehydes is 1. The number of carbonyl (C=O) groups is 1. The second-order valence-corrected chi connectivity index (χ2v) is 11.7. The Bertz CT molecular complexity index is 1240. The summed E-state index contributed by atoms with van der Waals surface area (Å²) in [5.74, 6) is 0. The fraction of sp³-hybridized carbons (Fsp3) is 0.261. The maximum Gasteiger partial charge on any atom is 0.225 e. The van der Waals surface area contributed by atoms with Gasteiger partial charge in [0.15, 0.2) is 0 Å². The normalized spacial score (nSPS) is 19.1. The van der Waals surface area contributed by atoms with Crippen molar-refractivity contribution in [3.63, 3.8) is 0 Å². The van der Waals surface area contributed by atoms with E-state index in [1.54, 1.807) is 18.2 Å². The van der Waals surface area contributed by atoms with Crippen LogP contribution in [0.3, 0.4) is 0 Å². The van der Waals surface area contributed by atoms with Crippen LogP contribution in [-0.2, 0) is 21.4 Å². The van der Waals surface area contributed by atoms with Crippen LogP contribution in [0.2, 0.25) is 10.0 Å². The van der Waals surface area contributed by atoms with Crippen LogP contribution in [0.25, 0.3) is 10.1 Å². The third kappa shape index (κ3) is 4.78. The number of sulfonamides is 1. The summed E-state index contributed by atoms with van der Waals surface area (Å²) in [6.45, 7) is 5.21. The van der Waals surface area contributed by atoms with E-state index in [0.29, 0.717) is 34.6 Å². The standard InChI is InChI=1S/C23H22Cl2N2O3S2/c1-2-23(22-11-17-5-8-19(25)12-21(17)31-22)32(29,30)27-10-9-26(20(14-27)15-28)13-16-3-6-18(24)7-4-16/h2-8,11-12,15,20,23H,1,9-10,13-14H2. The molecule has 2 aromatic carbocycles. The van der Waals surface area contributed by atoms with Crippen LogP contribution in [0.15, 0.2) is 61.2 Å². The number of benzene rings is 2. The Balaban J connectivity index is 1.54. The SMILES string of the molecule is C=CC(c1cc2ccc(Cl)cc2s1)S(=O)(=O)N1CCN(Cc2ccc(Cl)cc2)C(C=O)C1. The molecule has 32 heavy (non-hydrogen) atoms. The molecule has 1 aromatic heterocycles. The quantitative estimate of drug-likeness (QED) is 0.327. The number of thiophene rings is 1. The monoisotopic (exact) mass is 508 g/mol. The van der Waals surface area contributed by atoms with Crippen LogP contribution in [0.5, 0.6) is 0 Å². The van der Waals surface area contributed by atoms with Gasteiger partial charge in [0.2, 0.25) is 10.0 Å². The summed E-state index contributed by atoms with van der Waals surface area (Å²) in [4.78, 5) is 14.5. The van der Waals surface area contributed by atoms with E-state index < -0.39 is 21.3 Å². The maximum atomic E-state index is 13.5. The largest absolute Gasteiger partial charge is 0.302 e. The van der Waals surface area contributed by atoms with Crippen molar-refractivity contribution in [1.82, 2.24) is 9.21 Å². The molecular weight excluding hydrogens is 487 g/mol. The highest BCUT2D eigenvalue weighted by Gasteiger charge is 2.38. The van der Waals surface area contributed by atoms with Crippen molar-refractivity contribution in [2.24, 2.45) is 0 Å². The van der Waals surface area contributed by atoms with Gasteiger partial charge in [-0.25, -0.2) is 8.42 Å². The molecule has 2 unspecified atom stereocenters. The minimum Gasteiger partial charge on any atom is -0.302 e. The summed E-state index contributed by atoms with van der Waals surface area (Å²) < 4.78 is 29.4. The minimum atomic E-state index is -3.74. The molecule has 0 N–H and O–H groups in total. The molecule has 1 saturated heterocycles. The van der Waals surface area contributed by atoms with Crippen molar-refractivity contribution >= 4 is 60.9 Å². The van der Waals surface area contributed by atoms with Gasteiger partial charge in [-0.1, -0.05) is 47.5 Å². The summed E-state index contributed by atoms with van der Waals surface area (Å²) in [6.07, 6.45) is 2.28. The summed E-state index contributed by atoms with van der Waals surface area (Å²) in [5, 5.41) is 1.31. The van der Waals surface area contributed by atoms with Crippen molar-refractivity contribution in [2.75, 3.05) is 19.6 Å². The van der Waals surface area contributed by atoms with Gasteiger partial charge < -0.3 is 4.79 Å². The van der Waals surface area contributed by atoms with E-state index in [2.05, 4.69) is 6.58 Å². The average molecular weight is 509 g/mol. The lowest BCUT2D eigenvalue weighted by atomic mass is 10.1. The Hall–Kier alpha value is -1.74. The molecule has 0 amide bonds. The Morgan fingerprint density at radius 3 is 2.50 bits per heavy atom. The fourth-order valence-electron chi connectivity index (χ4n) is 3.91. The molecule has 0 aliphatic carbocycles. The summed E-state index contributed by atoms with van der Waals surface area (Å²) >= 11 is 13.4. The number of hydrogen-bond acceptors (Lipinski definition) is 5. The second kappa shape index (κ2) is 9.63. The van der Waals surface area contributed by atoms with Gasteiger partial charge in [-0.3, -0.25) is 4.90 Å². The molecule has 0 saturated carbocycles. The second-order valence-electron chi connectivity index (χ2n) is 7.69. The van der Waals surface area contributed by atoms with Gasteiger partial charge >= 0.3 is 0 Å². The Labute approximate surface area is 201 Å². The first-order chi connectivity index (χ1) is 15.3. The summed E-state index contributed by atoms with van der Waals surface area (Å²) in [7, 11) is -3.74. The van der Waals surface area contributed by atoms with Crippen LogP contribution in [0, 0.1) is 0 Å². The Morgan fingerprint density at radius 2 is 1.81 bits per heavy atom. The van der Waals surface area contributed by atoms with Crippen LogP contribution in [-0.4, -0.2) is 49.6 Å². The number of hydrogen-bond donors (Lipinski definition) is 0. The lowest BCUT2D eigenvalue weighted by Crippen LogP contribution is -2.55. The Kier molecular flexibility index (Phi) is 7.05. The zero-order chi connectivity index (χ0) is 22.9. The lowest BCUT2D eigenvalue weighted by Gasteiger charge is -2.39. The van der Waals surface area contributed by atoms with E-state index in [9.17, 15) is 13.2 Å². The molecule has 5 nitrogen and oxygen atoms in total. The van der Waals surface area contributed by atoms with Gasteiger partial charge in [0.25, 0.3) is 0 Å². The topological polar surface area (TPSA) is 57.7 Å². The van der Waals surface area contributed by atoms with E-state index in [-0.39, 0.29) is 6.54 Å².